The number of pyridine rings is 1. The maximum atomic E-state index is 14.1. The average molecular weight is 664 g/mol. The molecule has 0 bridgehead atoms. The van der Waals surface area contributed by atoms with Crippen LogP contribution in [0, 0.1) is 6.92 Å². The number of carbonyl (C=O) groups excluding carboxylic acids is 2. The number of rotatable bonds is 14. The highest BCUT2D eigenvalue weighted by molar-refractivity contribution is 7.53. The molecule has 1 aliphatic heterocycles. The van der Waals surface area contributed by atoms with Gasteiger partial charge in [-0.3, -0.25) is 14.3 Å². The molecule has 1 aromatic carbocycles. The van der Waals surface area contributed by atoms with Crippen molar-refractivity contribution in [3.05, 3.63) is 58.9 Å². The van der Waals surface area contributed by atoms with Crippen molar-refractivity contribution in [2.24, 2.45) is 0 Å². The van der Waals surface area contributed by atoms with E-state index in [0.717, 1.165) is 17.0 Å². The number of thiazole rings is 1. The SMILES string of the molecule is CCC(COC)Oc1cc(Oc2ccc(C)nc2)cc(C(=O)N(COC(=O)OC(C)C)c2nc(CP3(=O)OCCCO3)cs2)c1. The van der Waals surface area contributed by atoms with E-state index in [1.54, 1.807) is 62.9 Å². The molecule has 0 saturated carbocycles. The van der Waals surface area contributed by atoms with Crippen molar-refractivity contribution < 1.29 is 46.9 Å². The second-order valence-electron chi connectivity index (χ2n) is 10.4. The largest absolute Gasteiger partial charge is 0.510 e. The molecule has 244 valence electrons. The fraction of sp³-hybridized carbons (Fsp3) is 0.467. The maximum absolute atomic E-state index is 14.1. The number of amides is 1. The van der Waals surface area contributed by atoms with Gasteiger partial charge in [-0.1, -0.05) is 6.92 Å². The van der Waals surface area contributed by atoms with Crippen LogP contribution in [0.5, 0.6) is 17.2 Å². The number of hydrogen-bond donors (Lipinski definition) is 0. The minimum absolute atomic E-state index is 0.0639. The first-order valence-electron chi connectivity index (χ1n) is 14.5. The highest BCUT2D eigenvalue weighted by atomic mass is 32.1. The second-order valence-corrected chi connectivity index (χ2v) is 13.3. The van der Waals surface area contributed by atoms with Crippen LogP contribution in [0.25, 0.3) is 0 Å². The maximum Gasteiger partial charge on any atom is 0.510 e. The van der Waals surface area contributed by atoms with Gasteiger partial charge in [-0.15, -0.1) is 11.3 Å². The number of aromatic nitrogens is 2. The van der Waals surface area contributed by atoms with Crippen molar-refractivity contribution in [1.82, 2.24) is 9.97 Å². The molecule has 15 heteroatoms. The van der Waals surface area contributed by atoms with Crippen molar-refractivity contribution in [2.75, 3.05) is 38.6 Å². The Morgan fingerprint density at radius 1 is 1.11 bits per heavy atom. The molecule has 0 N–H and O–H groups in total. The summed E-state index contributed by atoms with van der Waals surface area (Å²) in [6, 6.07) is 8.35. The summed E-state index contributed by atoms with van der Waals surface area (Å²) in [5, 5.41) is 1.84. The van der Waals surface area contributed by atoms with E-state index in [9.17, 15) is 14.2 Å². The van der Waals surface area contributed by atoms with Gasteiger partial charge in [-0.05, 0) is 57.9 Å². The number of anilines is 1. The minimum atomic E-state index is -3.37. The van der Waals surface area contributed by atoms with Gasteiger partial charge in [-0.25, -0.2) is 14.7 Å². The third kappa shape index (κ3) is 10.2. The Balaban J connectivity index is 1.67. The number of benzene rings is 1. The zero-order chi connectivity index (χ0) is 32.4. The Morgan fingerprint density at radius 3 is 2.53 bits per heavy atom. The van der Waals surface area contributed by atoms with E-state index in [4.69, 9.17) is 32.7 Å². The van der Waals surface area contributed by atoms with Gasteiger partial charge < -0.3 is 32.7 Å². The Morgan fingerprint density at radius 2 is 1.87 bits per heavy atom. The summed E-state index contributed by atoms with van der Waals surface area (Å²) >= 11 is 1.11. The topological polar surface area (TPSA) is 145 Å². The number of nitrogens with zero attached hydrogens (tertiary/aromatic N) is 3. The number of aryl methyl sites for hydroxylation is 1. The van der Waals surface area contributed by atoms with Crippen molar-refractivity contribution in [2.45, 2.75) is 58.9 Å². The zero-order valence-corrected chi connectivity index (χ0v) is 27.6. The molecule has 0 aliphatic carbocycles. The molecule has 1 saturated heterocycles. The number of hydrogen-bond acceptors (Lipinski definition) is 13. The smallest absolute Gasteiger partial charge is 0.488 e. The molecule has 1 amide bonds. The van der Waals surface area contributed by atoms with Gasteiger partial charge in [0.1, 0.15) is 23.4 Å². The molecular formula is C30H38N3O10PS. The van der Waals surface area contributed by atoms with Gasteiger partial charge in [-0.2, -0.15) is 0 Å². The van der Waals surface area contributed by atoms with Gasteiger partial charge in [0, 0.05) is 29.8 Å². The summed E-state index contributed by atoms with van der Waals surface area (Å²) in [7, 11) is -1.78. The fourth-order valence-corrected chi connectivity index (χ4v) is 6.64. The van der Waals surface area contributed by atoms with Crippen molar-refractivity contribution in [1.29, 1.82) is 0 Å². The standard InChI is InChI=1S/C30H38N3O10PS/c1-6-24(16-37-5)42-26-12-22(13-27(14-26)43-25-9-8-21(4)31-15-25)28(34)33(19-38-30(35)41-20(2)3)29-32-23(18-45-29)17-44(36)39-10-7-11-40-44/h8-9,12-15,18,20,24H,6-7,10-11,16-17,19H2,1-5H3. The molecule has 0 spiro atoms. The van der Waals surface area contributed by atoms with Crippen LogP contribution in [0.2, 0.25) is 0 Å². The van der Waals surface area contributed by atoms with E-state index >= 15 is 0 Å². The molecule has 4 rings (SSSR count). The molecule has 2 aromatic heterocycles. The summed E-state index contributed by atoms with van der Waals surface area (Å²) in [5.74, 6) is 0.577. The molecule has 1 unspecified atom stereocenters. The summed E-state index contributed by atoms with van der Waals surface area (Å²) in [6.07, 6.45) is 1.15. The highest BCUT2D eigenvalue weighted by Crippen LogP contribution is 2.53. The predicted molar refractivity (Wildman–Crippen MR) is 166 cm³/mol. The third-order valence-corrected chi connectivity index (χ3v) is 9.01. The fourth-order valence-electron chi connectivity index (χ4n) is 4.07. The zero-order valence-electron chi connectivity index (χ0n) is 25.9. The quantitative estimate of drug-likeness (QED) is 0.102. The molecule has 3 heterocycles. The van der Waals surface area contributed by atoms with Crippen LogP contribution in [0.15, 0.2) is 41.9 Å². The summed E-state index contributed by atoms with van der Waals surface area (Å²) in [6.45, 7) is 7.67. The number of carbonyl (C=O) groups is 2. The molecule has 3 aromatic rings. The van der Waals surface area contributed by atoms with Gasteiger partial charge in [0.05, 0.1) is 44.0 Å². The summed E-state index contributed by atoms with van der Waals surface area (Å²) < 4.78 is 51.6. The number of methoxy groups -OCH3 is 1. The van der Waals surface area contributed by atoms with E-state index in [1.807, 2.05) is 13.8 Å². The van der Waals surface area contributed by atoms with Crippen LogP contribution in [-0.4, -0.2) is 67.9 Å². The van der Waals surface area contributed by atoms with E-state index in [2.05, 4.69) is 9.97 Å². The Bertz CT molecular complexity index is 1470. The molecule has 0 radical (unpaired) electrons. The normalized spacial score (nSPS) is 14.9. The van der Waals surface area contributed by atoms with E-state index in [1.165, 1.54) is 4.90 Å². The first kappa shape index (κ1) is 34.3. The Kier molecular flexibility index (Phi) is 12.3. The lowest BCUT2D eigenvalue weighted by Gasteiger charge is -2.22. The molecule has 1 fully saturated rings. The first-order chi connectivity index (χ1) is 21.6. The van der Waals surface area contributed by atoms with Crippen molar-refractivity contribution >= 4 is 36.1 Å². The van der Waals surface area contributed by atoms with Crippen LogP contribution in [-0.2, 0) is 34.0 Å². The van der Waals surface area contributed by atoms with Crippen LogP contribution in [0.4, 0.5) is 9.93 Å². The lowest BCUT2D eigenvalue weighted by atomic mass is 10.1. The van der Waals surface area contributed by atoms with E-state index in [0.29, 0.717) is 55.6 Å². The summed E-state index contributed by atoms with van der Waals surface area (Å²) in [5.41, 5.74) is 1.39. The molecule has 1 aliphatic rings. The first-order valence-corrected chi connectivity index (χ1v) is 17.1. The van der Waals surface area contributed by atoms with Gasteiger partial charge in [0.15, 0.2) is 11.9 Å². The molecule has 45 heavy (non-hydrogen) atoms. The van der Waals surface area contributed by atoms with Crippen molar-refractivity contribution in [3.63, 3.8) is 0 Å². The Labute approximate surface area is 266 Å². The lowest BCUT2D eigenvalue weighted by molar-refractivity contribution is 0.0344. The van der Waals surface area contributed by atoms with Crippen LogP contribution < -0.4 is 14.4 Å². The van der Waals surface area contributed by atoms with Crippen LogP contribution in [0.1, 0.15) is 55.4 Å². The average Bonchev–Trinajstić information content (AvgIpc) is 3.45. The van der Waals surface area contributed by atoms with E-state index in [-0.39, 0.29) is 23.0 Å². The molecule has 1 atom stereocenters. The van der Waals surface area contributed by atoms with Crippen LogP contribution >= 0.6 is 18.9 Å². The van der Waals surface area contributed by atoms with Gasteiger partial charge in [0.2, 0.25) is 0 Å². The van der Waals surface area contributed by atoms with Gasteiger partial charge in [0.25, 0.3) is 5.91 Å². The lowest BCUT2D eigenvalue weighted by Crippen LogP contribution is -2.34. The monoisotopic (exact) mass is 663 g/mol. The van der Waals surface area contributed by atoms with E-state index < -0.39 is 32.5 Å². The van der Waals surface area contributed by atoms with Crippen molar-refractivity contribution in [3.8, 4) is 17.2 Å². The number of ether oxygens (including phenoxy) is 5. The minimum Gasteiger partial charge on any atom is -0.488 e. The Hall–Kier alpha value is -3.55. The predicted octanol–water partition coefficient (Wildman–Crippen LogP) is 6.74. The second kappa shape index (κ2) is 16.1. The third-order valence-electron chi connectivity index (χ3n) is 6.24. The summed E-state index contributed by atoms with van der Waals surface area (Å²) in [4.78, 5) is 36.4. The van der Waals surface area contributed by atoms with Crippen LogP contribution in [0.3, 0.4) is 0 Å². The highest BCUT2D eigenvalue weighted by Gasteiger charge is 2.31. The molecular weight excluding hydrogens is 625 g/mol. The van der Waals surface area contributed by atoms with Gasteiger partial charge >= 0.3 is 13.8 Å². The molecule has 13 nitrogen and oxygen atoms in total.